The minimum absolute atomic E-state index is 0.0139. The summed E-state index contributed by atoms with van der Waals surface area (Å²) >= 11 is 2.71. The van der Waals surface area contributed by atoms with Crippen LogP contribution in [0.3, 0.4) is 0 Å². The lowest BCUT2D eigenvalue weighted by Crippen LogP contribution is -2.28. The van der Waals surface area contributed by atoms with E-state index in [0.29, 0.717) is 34.3 Å². The SMILES string of the molecule is CCOc1ccc2nc(N3C(=O)C(=O)/C(=C(/O)c4cc(C)cc(C)c4OC)C3c3cccs3)sc2c1. The number of methoxy groups -OCH3 is 1. The Morgan fingerprint density at radius 1 is 1.17 bits per heavy atom. The molecule has 1 aliphatic heterocycles. The molecule has 2 aromatic heterocycles. The lowest BCUT2D eigenvalue weighted by atomic mass is 9.97. The molecule has 184 valence electrons. The highest BCUT2D eigenvalue weighted by atomic mass is 32.1. The Morgan fingerprint density at radius 3 is 2.67 bits per heavy atom. The first-order chi connectivity index (χ1) is 17.3. The molecule has 5 rings (SSSR count). The number of ketones is 1. The third kappa shape index (κ3) is 3.94. The van der Waals surface area contributed by atoms with Crippen LogP contribution >= 0.6 is 22.7 Å². The number of hydrogen-bond acceptors (Lipinski definition) is 8. The third-order valence-corrected chi connectivity index (χ3v) is 7.94. The van der Waals surface area contributed by atoms with Crippen LogP contribution in [0, 0.1) is 13.8 Å². The molecule has 0 aliphatic carbocycles. The summed E-state index contributed by atoms with van der Waals surface area (Å²) in [5.41, 5.74) is 2.80. The molecule has 1 atom stereocenters. The summed E-state index contributed by atoms with van der Waals surface area (Å²) in [6.45, 7) is 6.21. The number of aromatic nitrogens is 1. The summed E-state index contributed by atoms with van der Waals surface area (Å²) < 4.78 is 12.0. The van der Waals surface area contributed by atoms with Gasteiger partial charge in [-0.1, -0.05) is 23.5 Å². The fraction of sp³-hybridized carbons (Fsp3) is 0.222. The van der Waals surface area contributed by atoms with Gasteiger partial charge in [0.1, 0.15) is 23.3 Å². The number of rotatable bonds is 6. The van der Waals surface area contributed by atoms with E-state index in [-0.39, 0.29) is 11.3 Å². The van der Waals surface area contributed by atoms with E-state index in [2.05, 4.69) is 4.98 Å². The molecular formula is C27H24N2O5S2. The van der Waals surface area contributed by atoms with Gasteiger partial charge in [0.25, 0.3) is 5.78 Å². The minimum Gasteiger partial charge on any atom is -0.507 e. The Kier molecular flexibility index (Phi) is 6.27. The van der Waals surface area contributed by atoms with E-state index in [4.69, 9.17) is 9.47 Å². The lowest BCUT2D eigenvalue weighted by molar-refractivity contribution is -0.132. The zero-order valence-electron chi connectivity index (χ0n) is 20.2. The number of thiazole rings is 1. The molecule has 2 aromatic carbocycles. The normalized spacial score (nSPS) is 17.2. The molecule has 4 aromatic rings. The maximum Gasteiger partial charge on any atom is 0.301 e. The van der Waals surface area contributed by atoms with Crippen molar-refractivity contribution in [3.8, 4) is 11.5 Å². The van der Waals surface area contributed by atoms with Gasteiger partial charge in [-0.2, -0.15) is 0 Å². The highest BCUT2D eigenvalue weighted by molar-refractivity contribution is 7.22. The molecule has 1 fully saturated rings. The first kappa shape index (κ1) is 24.0. The maximum atomic E-state index is 13.4. The molecule has 0 bridgehead atoms. The molecule has 0 radical (unpaired) electrons. The minimum atomic E-state index is -0.817. The Labute approximate surface area is 216 Å². The van der Waals surface area contributed by atoms with Crippen molar-refractivity contribution in [1.29, 1.82) is 0 Å². The van der Waals surface area contributed by atoms with Gasteiger partial charge in [-0.05, 0) is 67.6 Å². The van der Waals surface area contributed by atoms with Gasteiger partial charge in [-0.3, -0.25) is 14.5 Å². The van der Waals surface area contributed by atoms with E-state index in [0.717, 1.165) is 20.7 Å². The van der Waals surface area contributed by atoms with E-state index in [9.17, 15) is 14.7 Å². The zero-order chi connectivity index (χ0) is 25.6. The van der Waals surface area contributed by atoms with Gasteiger partial charge in [0.15, 0.2) is 5.13 Å². The van der Waals surface area contributed by atoms with Crippen molar-refractivity contribution in [2.75, 3.05) is 18.6 Å². The molecule has 1 N–H and O–H groups in total. The number of carbonyl (C=O) groups excluding carboxylic acids is 2. The zero-order valence-corrected chi connectivity index (χ0v) is 21.8. The number of aliphatic hydroxyl groups is 1. The van der Waals surface area contributed by atoms with Crippen LogP contribution in [0.5, 0.6) is 11.5 Å². The largest absolute Gasteiger partial charge is 0.507 e. The van der Waals surface area contributed by atoms with E-state index < -0.39 is 17.7 Å². The molecule has 1 unspecified atom stereocenters. The van der Waals surface area contributed by atoms with Crippen LogP contribution < -0.4 is 14.4 Å². The Balaban J connectivity index is 1.71. The molecule has 1 saturated heterocycles. The summed E-state index contributed by atoms with van der Waals surface area (Å²) in [5.74, 6) is -0.599. The molecule has 0 saturated carbocycles. The average molecular weight is 521 g/mol. The number of nitrogens with zero attached hydrogens (tertiary/aromatic N) is 2. The van der Waals surface area contributed by atoms with E-state index in [1.54, 1.807) is 6.07 Å². The lowest BCUT2D eigenvalue weighted by Gasteiger charge is -2.22. The van der Waals surface area contributed by atoms with Gasteiger partial charge in [0.05, 0.1) is 35.1 Å². The molecule has 1 amide bonds. The second-order valence-corrected chi connectivity index (χ2v) is 10.4. The first-order valence-electron chi connectivity index (χ1n) is 11.4. The van der Waals surface area contributed by atoms with E-state index >= 15 is 0 Å². The highest BCUT2D eigenvalue weighted by Crippen LogP contribution is 2.46. The molecule has 3 heterocycles. The molecule has 7 nitrogen and oxygen atoms in total. The predicted octanol–water partition coefficient (Wildman–Crippen LogP) is 6.01. The standard InChI is InChI=1S/C27H24N2O5S2/c1-5-34-16-8-9-18-20(13-16)36-27(28-18)29-22(19-7-6-10-35-19)21(24(31)26(29)32)23(30)17-12-14(2)11-15(3)25(17)33-4/h6-13,22,30H,5H2,1-4H3/b23-21+. The monoisotopic (exact) mass is 520 g/mol. The quantitative estimate of drug-likeness (QED) is 0.190. The maximum absolute atomic E-state index is 13.4. The Morgan fingerprint density at radius 2 is 1.97 bits per heavy atom. The van der Waals surface area contributed by atoms with Crippen molar-refractivity contribution in [1.82, 2.24) is 4.98 Å². The van der Waals surface area contributed by atoms with Crippen molar-refractivity contribution in [2.24, 2.45) is 0 Å². The van der Waals surface area contributed by atoms with Crippen LogP contribution in [-0.2, 0) is 9.59 Å². The van der Waals surface area contributed by atoms with Crippen molar-refractivity contribution in [2.45, 2.75) is 26.8 Å². The number of fused-ring (bicyclic) bond motifs is 1. The Bertz CT molecular complexity index is 1520. The van der Waals surface area contributed by atoms with Crippen LogP contribution in [0.1, 0.15) is 34.5 Å². The summed E-state index contributed by atoms with van der Waals surface area (Å²) in [5, 5.41) is 13.8. The van der Waals surface area contributed by atoms with Gasteiger partial charge >= 0.3 is 5.91 Å². The summed E-state index contributed by atoms with van der Waals surface area (Å²) in [6, 6.07) is 12.1. The molecule has 0 spiro atoms. The molecule has 36 heavy (non-hydrogen) atoms. The average Bonchev–Trinajstić information content (AvgIpc) is 3.57. The fourth-order valence-electron chi connectivity index (χ4n) is 4.54. The molecule has 9 heteroatoms. The van der Waals surface area contributed by atoms with Crippen LogP contribution in [0.15, 0.2) is 53.4 Å². The number of ether oxygens (including phenoxy) is 2. The van der Waals surface area contributed by atoms with Crippen LogP contribution in [-0.4, -0.2) is 35.5 Å². The van der Waals surface area contributed by atoms with E-state index in [1.165, 1.54) is 34.7 Å². The highest BCUT2D eigenvalue weighted by Gasteiger charge is 2.49. The van der Waals surface area contributed by atoms with Gasteiger partial charge in [-0.25, -0.2) is 4.98 Å². The van der Waals surface area contributed by atoms with Gasteiger partial charge in [0, 0.05) is 4.88 Å². The number of carbonyl (C=O) groups is 2. The van der Waals surface area contributed by atoms with Crippen molar-refractivity contribution < 1.29 is 24.2 Å². The van der Waals surface area contributed by atoms with Gasteiger partial charge in [0.2, 0.25) is 0 Å². The topological polar surface area (TPSA) is 89.0 Å². The second kappa shape index (κ2) is 9.40. The summed E-state index contributed by atoms with van der Waals surface area (Å²) in [4.78, 5) is 33.7. The summed E-state index contributed by atoms with van der Waals surface area (Å²) in [6.07, 6.45) is 0. The second-order valence-electron chi connectivity index (χ2n) is 8.41. The number of benzene rings is 2. The van der Waals surface area contributed by atoms with Gasteiger partial charge < -0.3 is 14.6 Å². The molecule has 1 aliphatic rings. The number of aryl methyl sites for hydroxylation is 2. The smallest absolute Gasteiger partial charge is 0.301 e. The number of amides is 1. The van der Waals surface area contributed by atoms with E-state index in [1.807, 2.05) is 62.5 Å². The molecular weight excluding hydrogens is 496 g/mol. The van der Waals surface area contributed by atoms with Crippen LogP contribution in [0.25, 0.3) is 16.0 Å². The fourth-order valence-corrected chi connectivity index (χ4v) is 6.39. The van der Waals surface area contributed by atoms with Crippen LogP contribution in [0.4, 0.5) is 5.13 Å². The van der Waals surface area contributed by atoms with Crippen LogP contribution in [0.2, 0.25) is 0 Å². The first-order valence-corrected chi connectivity index (χ1v) is 13.1. The van der Waals surface area contributed by atoms with Crippen molar-refractivity contribution in [3.05, 3.63) is 75.0 Å². The predicted molar refractivity (Wildman–Crippen MR) is 142 cm³/mol. The third-order valence-electron chi connectivity index (χ3n) is 6.00. The number of aliphatic hydroxyl groups excluding tert-OH is 1. The Hall–Kier alpha value is -3.69. The van der Waals surface area contributed by atoms with Crippen molar-refractivity contribution >= 4 is 55.5 Å². The van der Waals surface area contributed by atoms with Crippen molar-refractivity contribution in [3.63, 3.8) is 0 Å². The number of thiophene rings is 1. The number of Topliss-reactive ketones (excluding diaryl/α,β-unsaturated/α-hetero) is 1. The number of hydrogen-bond donors (Lipinski definition) is 1. The number of anilines is 1. The van der Waals surface area contributed by atoms with Gasteiger partial charge in [-0.15, -0.1) is 11.3 Å². The summed E-state index contributed by atoms with van der Waals surface area (Å²) in [7, 11) is 1.52.